The standard InChI is InChI=1S/C8H5NO3/c1-2-10-8-6-3-5(12-9-6)4-11-7(1)8/h1-2,4H,3H2. The fraction of sp³-hybridized carbons (Fsp3) is 0.125. The second kappa shape index (κ2) is 1.91. The van der Waals surface area contributed by atoms with Crippen LogP contribution in [-0.4, -0.2) is 5.71 Å². The minimum atomic E-state index is 0.653. The molecule has 0 unspecified atom stereocenters. The van der Waals surface area contributed by atoms with Crippen molar-refractivity contribution in [2.45, 2.75) is 6.42 Å². The molecule has 0 aliphatic carbocycles. The first-order valence-corrected chi connectivity index (χ1v) is 3.61. The number of allylic oxidation sites excluding steroid dienone is 1. The van der Waals surface area contributed by atoms with E-state index in [0.717, 1.165) is 11.5 Å². The van der Waals surface area contributed by atoms with Crippen LogP contribution in [0.15, 0.2) is 33.9 Å². The third-order valence-corrected chi connectivity index (χ3v) is 1.82. The van der Waals surface area contributed by atoms with E-state index in [2.05, 4.69) is 5.16 Å². The minimum Gasteiger partial charge on any atom is -0.459 e. The number of fused-ring (bicyclic) bond motifs is 4. The molecule has 0 atom stereocenters. The molecular formula is C8H5NO3. The van der Waals surface area contributed by atoms with Crippen molar-refractivity contribution in [3.63, 3.8) is 0 Å². The van der Waals surface area contributed by atoms with Crippen LogP contribution in [0.2, 0.25) is 0 Å². The number of furan rings is 1. The molecule has 0 saturated heterocycles. The van der Waals surface area contributed by atoms with Crippen molar-refractivity contribution in [1.82, 2.24) is 0 Å². The number of nitrogens with zero attached hydrogens (tertiary/aromatic N) is 1. The molecule has 4 heteroatoms. The summed E-state index contributed by atoms with van der Waals surface area (Å²) in [5.74, 6) is 2.09. The molecule has 0 aromatic carbocycles. The molecule has 12 heavy (non-hydrogen) atoms. The van der Waals surface area contributed by atoms with Crippen molar-refractivity contribution in [1.29, 1.82) is 0 Å². The summed E-state index contributed by atoms with van der Waals surface area (Å²) in [7, 11) is 0. The molecule has 1 aromatic heterocycles. The second-order valence-electron chi connectivity index (χ2n) is 2.62. The van der Waals surface area contributed by atoms with E-state index in [-0.39, 0.29) is 0 Å². The molecule has 0 saturated carbocycles. The zero-order chi connectivity index (χ0) is 7.97. The van der Waals surface area contributed by atoms with Crippen LogP contribution in [0.4, 0.5) is 0 Å². The van der Waals surface area contributed by atoms with Gasteiger partial charge >= 0.3 is 0 Å². The van der Waals surface area contributed by atoms with Crippen LogP contribution in [0.5, 0.6) is 5.75 Å². The van der Waals surface area contributed by atoms with E-state index < -0.39 is 0 Å². The van der Waals surface area contributed by atoms with Crippen LogP contribution in [0.1, 0.15) is 12.2 Å². The third kappa shape index (κ3) is 0.637. The maximum absolute atomic E-state index is 5.26. The predicted molar refractivity (Wildman–Crippen MR) is 39.7 cm³/mol. The Morgan fingerprint density at radius 2 is 2.42 bits per heavy atom. The number of rotatable bonds is 0. The van der Waals surface area contributed by atoms with E-state index >= 15 is 0 Å². The topological polar surface area (TPSA) is 44.0 Å². The zero-order valence-electron chi connectivity index (χ0n) is 6.11. The summed E-state index contributed by atoms with van der Waals surface area (Å²) in [4.78, 5) is 4.95. The van der Waals surface area contributed by atoms with Crippen molar-refractivity contribution in [3.05, 3.63) is 30.1 Å². The van der Waals surface area contributed by atoms with Gasteiger partial charge in [0.25, 0.3) is 0 Å². The van der Waals surface area contributed by atoms with Crippen LogP contribution in [0, 0.1) is 0 Å². The van der Waals surface area contributed by atoms with Crippen LogP contribution >= 0.6 is 0 Å². The van der Waals surface area contributed by atoms with Crippen LogP contribution in [0.25, 0.3) is 0 Å². The molecule has 1 aromatic rings. The van der Waals surface area contributed by atoms with Gasteiger partial charge in [0.05, 0.1) is 12.7 Å². The van der Waals surface area contributed by atoms with Gasteiger partial charge in [-0.1, -0.05) is 5.16 Å². The Kier molecular flexibility index (Phi) is 0.935. The Morgan fingerprint density at radius 1 is 1.42 bits per heavy atom. The molecule has 0 radical (unpaired) electrons. The molecule has 0 N–H and O–H groups in total. The highest BCUT2D eigenvalue weighted by Gasteiger charge is 2.25. The molecule has 2 bridgehead atoms. The SMILES string of the molecule is C1=C2CC(=NO2)c2occc2O1. The van der Waals surface area contributed by atoms with Crippen LogP contribution in [0.3, 0.4) is 0 Å². The monoisotopic (exact) mass is 163 g/mol. The normalized spacial score (nSPS) is 18.3. The van der Waals surface area contributed by atoms with Gasteiger partial charge in [0, 0.05) is 6.07 Å². The van der Waals surface area contributed by atoms with Crippen molar-refractivity contribution >= 4 is 5.71 Å². The lowest BCUT2D eigenvalue weighted by Crippen LogP contribution is -1.93. The van der Waals surface area contributed by atoms with Gasteiger partial charge in [0.15, 0.2) is 17.3 Å². The van der Waals surface area contributed by atoms with Gasteiger partial charge in [-0.3, -0.25) is 0 Å². The van der Waals surface area contributed by atoms with Gasteiger partial charge < -0.3 is 14.0 Å². The van der Waals surface area contributed by atoms with E-state index in [1.54, 1.807) is 18.6 Å². The highest BCUT2D eigenvalue weighted by atomic mass is 16.6. The molecule has 2 aliphatic heterocycles. The maximum Gasteiger partial charge on any atom is 0.194 e. The zero-order valence-corrected chi connectivity index (χ0v) is 6.11. The molecule has 3 rings (SSSR count). The van der Waals surface area contributed by atoms with Gasteiger partial charge in [-0.25, -0.2) is 0 Å². The summed E-state index contributed by atoms with van der Waals surface area (Å²) in [6.07, 6.45) is 3.78. The molecule has 2 aliphatic rings. The highest BCUT2D eigenvalue weighted by molar-refractivity contribution is 6.02. The second-order valence-corrected chi connectivity index (χ2v) is 2.62. The number of oxime groups is 1. The van der Waals surface area contributed by atoms with E-state index in [4.69, 9.17) is 14.0 Å². The largest absolute Gasteiger partial charge is 0.459 e. The average molecular weight is 163 g/mol. The van der Waals surface area contributed by atoms with Crippen molar-refractivity contribution in [2.75, 3.05) is 0 Å². The summed E-state index contributed by atoms with van der Waals surface area (Å²) in [5.41, 5.74) is 0.791. The van der Waals surface area contributed by atoms with Crippen LogP contribution < -0.4 is 4.74 Å². The Hall–Kier alpha value is -1.71. The van der Waals surface area contributed by atoms with Crippen molar-refractivity contribution in [2.24, 2.45) is 5.16 Å². The van der Waals surface area contributed by atoms with Crippen molar-refractivity contribution < 1.29 is 14.0 Å². The lowest BCUT2D eigenvalue weighted by molar-refractivity contribution is 0.230. The summed E-state index contributed by atoms with van der Waals surface area (Å²) in [6, 6.07) is 1.76. The number of ether oxygens (including phenoxy) is 1. The van der Waals surface area contributed by atoms with Gasteiger partial charge in [0.1, 0.15) is 12.0 Å². The average Bonchev–Trinajstić information content (AvgIpc) is 2.61. The summed E-state index contributed by atoms with van der Waals surface area (Å²) in [6.45, 7) is 0. The molecule has 0 fully saturated rings. The first kappa shape index (κ1) is 5.88. The smallest absolute Gasteiger partial charge is 0.194 e. The molecule has 60 valence electrons. The Morgan fingerprint density at radius 3 is 3.42 bits per heavy atom. The predicted octanol–water partition coefficient (Wildman–Crippen LogP) is 1.64. The Bertz CT molecular complexity index is 389. The molecule has 4 nitrogen and oxygen atoms in total. The third-order valence-electron chi connectivity index (χ3n) is 1.82. The fourth-order valence-corrected chi connectivity index (χ4v) is 1.26. The van der Waals surface area contributed by atoms with E-state index in [1.807, 2.05) is 0 Å². The van der Waals surface area contributed by atoms with Gasteiger partial charge in [-0.05, 0) is 0 Å². The van der Waals surface area contributed by atoms with E-state index in [1.165, 1.54) is 0 Å². The summed E-state index contributed by atoms with van der Waals surface area (Å²) in [5, 5.41) is 3.85. The lowest BCUT2D eigenvalue weighted by atomic mass is 10.2. The van der Waals surface area contributed by atoms with Crippen molar-refractivity contribution in [3.8, 4) is 5.75 Å². The summed E-state index contributed by atoms with van der Waals surface area (Å²) < 4.78 is 10.5. The first-order chi connectivity index (χ1) is 5.93. The van der Waals surface area contributed by atoms with Gasteiger partial charge in [-0.2, -0.15) is 0 Å². The first-order valence-electron chi connectivity index (χ1n) is 3.61. The van der Waals surface area contributed by atoms with Gasteiger partial charge in [0.2, 0.25) is 0 Å². The highest BCUT2D eigenvalue weighted by Crippen LogP contribution is 2.30. The quantitative estimate of drug-likeness (QED) is 0.583. The fourth-order valence-electron chi connectivity index (χ4n) is 1.26. The summed E-state index contributed by atoms with van der Waals surface area (Å²) >= 11 is 0. The van der Waals surface area contributed by atoms with Crippen LogP contribution in [-0.2, 0) is 4.84 Å². The minimum absolute atomic E-state index is 0.653. The number of hydrogen-bond donors (Lipinski definition) is 0. The van der Waals surface area contributed by atoms with Gasteiger partial charge in [-0.15, -0.1) is 0 Å². The maximum atomic E-state index is 5.26. The van der Waals surface area contributed by atoms with E-state index in [9.17, 15) is 0 Å². The molecule has 0 amide bonds. The Balaban J connectivity index is 2.23. The molecular weight excluding hydrogens is 158 g/mol. The van der Waals surface area contributed by atoms with E-state index in [0.29, 0.717) is 17.9 Å². The lowest BCUT2D eigenvalue weighted by Gasteiger charge is -1.97. The number of hydrogen-bond acceptors (Lipinski definition) is 4. The molecule has 0 spiro atoms. The molecule has 3 heterocycles. The Labute approximate surface area is 68.1 Å².